The third kappa shape index (κ3) is 3.98. The predicted octanol–water partition coefficient (Wildman–Crippen LogP) is 4.16. The van der Waals surface area contributed by atoms with Crippen LogP contribution in [0.4, 0.5) is 11.4 Å². The van der Waals surface area contributed by atoms with Crippen LogP contribution in [-0.4, -0.2) is 30.0 Å². The van der Waals surface area contributed by atoms with Gasteiger partial charge in [0.05, 0.1) is 35.4 Å². The molecule has 1 aliphatic heterocycles. The summed E-state index contributed by atoms with van der Waals surface area (Å²) in [4.78, 5) is 37.1. The fourth-order valence-corrected chi connectivity index (χ4v) is 4.84. The van der Waals surface area contributed by atoms with Crippen LogP contribution in [0.3, 0.4) is 0 Å². The van der Waals surface area contributed by atoms with Gasteiger partial charge in [-0.3, -0.25) is 24.3 Å². The van der Waals surface area contributed by atoms with E-state index in [1.807, 2.05) is 0 Å². The number of anilines is 1. The van der Waals surface area contributed by atoms with Crippen molar-refractivity contribution in [3.63, 3.8) is 0 Å². The van der Waals surface area contributed by atoms with E-state index in [2.05, 4.69) is 0 Å². The molecule has 2 aromatic carbocycles. The van der Waals surface area contributed by atoms with Crippen molar-refractivity contribution in [3.05, 3.63) is 69.3 Å². The Morgan fingerprint density at radius 3 is 2.03 bits per heavy atom. The standard InChI is InChI=1S/C19H19N2O7P/c1-3-27-29(26,28-4-2)12-13-9-10-16(17(11-13)21(24)25)20-18(22)14-7-5-6-8-15(14)19(20)23/h5-11H,3-4,12H2,1-2H3. The maximum absolute atomic E-state index is 12.7. The molecule has 10 heteroatoms. The molecule has 3 rings (SSSR count). The van der Waals surface area contributed by atoms with E-state index in [0.29, 0.717) is 5.56 Å². The summed E-state index contributed by atoms with van der Waals surface area (Å²) in [6.07, 6.45) is -0.169. The van der Waals surface area contributed by atoms with Gasteiger partial charge in [-0.25, -0.2) is 4.90 Å². The first-order valence-electron chi connectivity index (χ1n) is 8.94. The normalized spacial score (nSPS) is 13.7. The van der Waals surface area contributed by atoms with Gasteiger partial charge in [-0.1, -0.05) is 18.2 Å². The third-order valence-electron chi connectivity index (χ3n) is 4.30. The van der Waals surface area contributed by atoms with Crippen LogP contribution in [0.15, 0.2) is 42.5 Å². The molecule has 0 N–H and O–H groups in total. The van der Waals surface area contributed by atoms with E-state index in [0.717, 1.165) is 4.90 Å². The lowest BCUT2D eigenvalue weighted by molar-refractivity contribution is -0.384. The first kappa shape index (κ1) is 20.9. The topological polar surface area (TPSA) is 116 Å². The maximum Gasteiger partial charge on any atom is 0.335 e. The van der Waals surface area contributed by atoms with E-state index in [1.165, 1.54) is 30.3 Å². The summed E-state index contributed by atoms with van der Waals surface area (Å²) in [5.41, 5.74) is 0.118. The number of nitro benzene ring substituents is 1. The Labute approximate surface area is 166 Å². The lowest BCUT2D eigenvalue weighted by atomic mass is 10.1. The Morgan fingerprint density at radius 1 is 1.00 bits per heavy atom. The molecule has 0 unspecified atom stereocenters. The zero-order valence-corrected chi connectivity index (χ0v) is 16.8. The molecule has 2 aromatic rings. The summed E-state index contributed by atoms with van der Waals surface area (Å²) in [5, 5.41) is 11.7. The largest absolute Gasteiger partial charge is 0.335 e. The number of carbonyl (C=O) groups is 2. The highest BCUT2D eigenvalue weighted by Gasteiger charge is 2.39. The van der Waals surface area contributed by atoms with Crippen LogP contribution in [0.25, 0.3) is 0 Å². The molecular weight excluding hydrogens is 399 g/mol. The molecule has 0 aliphatic carbocycles. The van der Waals surface area contributed by atoms with Gasteiger partial charge < -0.3 is 9.05 Å². The maximum atomic E-state index is 12.7. The van der Waals surface area contributed by atoms with E-state index >= 15 is 0 Å². The zero-order chi connectivity index (χ0) is 21.2. The number of imide groups is 1. The van der Waals surface area contributed by atoms with Gasteiger partial charge in [-0.15, -0.1) is 0 Å². The first-order chi connectivity index (χ1) is 13.8. The molecule has 1 heterocycles. The zero-order valence-electron chi connectivity index (χ0n) is 15.9. The molecule has 29 heavy (non-hydrogen) atoms. The summed E-state index contributed by atoms with van der Waals surface area (Å²) in [6.45, 7) is 3.65. The van der Waals surface area contributed by atoms with Gasteiger partial charge in [0.2, 0.25) is 0 Å². The third-order valence-corrected chi connectivity index (χ3v) is 6.35. The summed E-state index contributed by atoms with van der Waals surface area (Å²) < 4.78 is 23.2. The number of hydrogen-bond acceptors (Lipinski definition) is 7. The number of rotatable bonds is 8. The number of amides is 2. The highest BCUT2D eigenvalue weighted by atomic mass is 31.2. The second kappa shape index (κ2) is 8.24. The molecule has 0 radical (unpaired) electrons. The van der Waals surface area contributed by atoms with E-state index in [9.17, 15) is 24.3 Å². The Balaban J connectivity index is 2.00. The highest BCUT2D eigenvalue weighted by Crippen LogP contribution is 2.52. The van der Waals surface area contributed by atoms with Gasteiger partial charge in [0.1, 0.15) is 5.69 Å². The lowest BCUT2D eigenvalue weighted by Crippen LogP contribution is -2.30. The summed E-state index contributed by atoms with van der Waals surface area (Å²) >= 11 is 0. The molecule has 152 valence electrons. The average Bonchev–Trinajstić information content (AvgIpc) is 2.93. The second-order valence-corrected chi connectivity index (χ2v) is 8.23. The number of fused-ring (bicyclic) bond motifs is 1. The van der Waals surface area contributed by atoms with Gasteiger partial charge in [-0.2, -0.15) is 0 Å². The van der Waals surface area contributed by atoms with Crippen LogP contribution in [0.2, 0.25) is 0 Å². The highest BCUT2D eigenvalue weighted by molar-refractivity contribution is 7.53. The summed E-state index contributed by atoms with van der Waals surface area (Å²) in [5.74, 6) is -1.26. The van der Waals surface area contributed by atoms with Crippen molar-refractivity contribution in [2.75, 3.05) is 18.1 Å². The van der Waals surface area contributed by atoms with Gasteiger partial charge in [-0.05, 0) is 37.6 Å². The van der Waals surface area contributed by atoms with Crippen molar-refractivity contribution in [1.29, 1.82) is 0 Å². The molecule has 0 saturated heterocycles. The van der Waals surface area contributed by atoms with Crippen molar-refractivity contribution < 1.29 is 28.1 Å². The molecule has 0 fully saturated rings. The molecular formula is C19H19N2O7P. The van der Waals surface area contributed by atoms with E-state index in [1.54, 1.807) is 26.0 Å². The Kier molecular flexibility index (Phi) is 5.93. The van der Waals surface area contributed by atoms with Crippen LogP contribution < -0.4 is 4.90 Å². The lowest BCUT2D eigenvalue weighted by Gasteiger charge is -2.18. The smallest absolute Gasteiger partial charge is 0.309 e. The number of carbonyl (C=O) groups excluding carboxylic acids is 2. The predicted molar refractivity (Wildman–Crippen MR) is 105 cm³/mol. The number of hydrogen-bond donors (Lipinski definition) is 0. The first-order valence-corrected chi connectivity index (χ1v) is 10.7. The molecule has 0 saturated carbocycles. The van der Waals surface area contributed by atoms with Crippen LogP contribution in [0, 0.1) is 10.1 Å². The van der Waals surface area contributed by atoms with Crippen LogP contribution >= 0.6 is 7.60 Å². The molecule has 0 spiro atoms. The number of nitro groups is 1. The second-order valence-electron chi connectivity index (χ2n) is 6.18. The van der Waals surface area contributed by atoms with Gasteiger partial charge in [0, 0.05) is 6.07 Å². The van der Waals surface area contributed by atoms with Crippen molar-refractivity contribution >= 4 is 30.8 Å². The summed E-state index contributed by atoms with van der Waals surface area (Å²) in [7, 11) is -3.47. The molecule has 2 amide bonds. The molecule has 9 nitrogen and oxygen atoms in total. The minimum Gasteiger partial charge on any atom is -0.309 e. The monoisotopic (exact) mass is 418 g/mol. The van der Waals surface area contributed by atoms with Crippen molar-refractivity contribution in [3.8, 4) is 0 Å². The Hall–Kier alpha value is -2.87. The average molecular weight is 418 g/mol. The molecule has 1 aliphatic rings. The van der Waals surface area contributed by atoms with Crippen molar-refractivity contribution in [1.82, 2.24) is 0 Å². The van der Waals surface area contributed by atoms with Crippen molar-refractivity contribution in [2.24, 2.45) is 0 Å². The van der Waals surface area contributed by atoms with E-state index < -0.39 is 30.0 Å². The van der Waals surface area contributed by atoms with E-state index in [4.69, 9.17) is 9.05 Å². The minimum atomic E-state index is -3.47. The number of nitrogens with zero attached hydrogens (tertiary/aromatic N) is 2. The van der Waals surface area contributed by atoms with Crippen LogP contribution in [-0.2, 0) is 19.8 Å². The van der Waals surface area contributed by atoms with Crippen LogP contribution in [0.1, 0.15) is 40.1 Å². The Morgan fingerprint density at radius 2 is 1.55 bits per heavy atom. The number of benzene rings is 2. The summed E-state index contributed by atoms with van der Waals surface area (Å²) in [6, 6.07) is 10.2. The van der Waals surface area contributed by atoms with E-state index in [-0.39, 0.29) is 36.2 Å². The Bertz CT molecular complexity index is 992. The van der Waals surface area contributed by atoms with Gasteiger partial charge >= 0.3 is 7.60 Å². The molecule has 0 aromatic heterocycles. The van der Waals surface area contributed by atoms with Gasteiger partial charge in [0.15, 0.2) is 0 Å². The van der Waals surface area contributed by atoms with Crippen LogP contribution in [0.5, 0.6) is 0 Å². The van der Waals surface area contributed by atoms with Gasteiger partial charge in [0.25, 0.3) is 17.5 Å². The fourth-order valence-electron chi connectivity index (χ4n) is 3.16. The van der Waals surface area contributed by atoms with Crippen molar-refractivity contribution in [2.45, 2.75) is 20.0 Å². The molecule has 0 atom stereocenters. The fraction of sp³-hybridized carbons (Fsp3) is 0.263. The SMILES string of the molecule is CCOP(=O)(Cc1ccc(N2C(=O)c3ccccc3C2=O)c([N+](=O)[O-])c1)OCC. The molecule has 0 bridgehead atoms. The quantitative estimate of drug-likeness (QED) is 0.273. The minimum absolute atomic E-state index is 0.146.